The van der Waals surface area contributed by atoms with Crippen LogP contribution in [0.25, 0.3) is 11.2 Å². The van der Waals surface area contributed by atoms with Gasteiger partial charge in [0.2, 0.25) is 5.95 Å². The van der Waals surface area contributed by atoms with Crippen LogP contribution in [0.5, 0.6) is 0 Å². The van der Waals surface area contributed by atoms with Gasteiger partial charge in [-0.3, -0.25) is 9.80 Å². The Morgan fingerprint density at radius 1 is 0.837 bits per heavy atom. The minimum atomic E-state index is -4.37. The van der Waals surface area contributed by atoms with E-state index in [4.69, 9.17) is 14.7 Å². The number of morpholine rings is 1. The lowest BCUT2D eigenvalue weighted by molar-refractivity contribution is -0.137. The zero-order valence-electron chi connectivity index (χ0n) is 24.1. The van der Waals surface area contributed by atoms with Gasteiger partial charge in [0.1, 0.15) is 0 Å². The third-order valence-corrected chi connectivity index (χ3v) is 8.09. The molecule has 0 atom stereocenters. The predicted octanol–water partition coefficient (Wildman–Crippen LogP) is 4.71. The molecule has 43 heavy (non-hydrogen) atoms. The number of aromatic nitrogens is 4. The normalized spacial score (nSPS) is 17.4. The number of nitrogens with one attached hydrogen (secondary N) is 2. The summed E-state index contributed by atoms with van der Waals surface area (Å²) in [7, 11) is 0. The average Bonchev–Trinajstić information content (AvgIpc) is 3.42. The van der Waals surface area contributed by atoms with Gasteiger partial charge in [0.05, 0.1) is 31.6 Å². The van der Waals surface area contributed by atoms with Crippen molar-refractivity contribution in [3.63, 3.8) is 0 Å². The topological polar surface area (TPSA) is 83.4 Å². The molecule has 2 aromatic carbocycles. The fourth-order valence-electron chi connectivity index (χ4n) is 5.66. The first-order valence-electron chi connectivity index (χ1n) is 14.9. The van der Waals surface area contributed by atoms with Gasteiger partial charge >= 0.3 is 6.18 Å². The van der Waals surface area contributed by atoms with Crippen LogP contribution in [0.15, 0.2) is 60.9 Å². The second-order valence-electron chi connectivity index (χ2n) is 11.2. The molecule has 0 radical (unpaired) electrons. The number of ether oxygens (including phenoxy) is 1. The Morgan fingerprint density at radius 3 is 2.28 bits per heavy atom. The standard InChI is InChI=1S/C31H37F3N8O/c32-31(33,34)25-8-6-24(7-9-25)21-42-22-36-27-28(37-26-10-13-41(14-11-26)20-23-4-2-1-3-5-23)38-30(39-29(27)42)35-12-15-40-16-18-43-19-17-40/h1-9,22,26H,10-21H2,(H2,35,37,38,39). The summed E-state index contributed by atoms with van der Waals surface area (Å²) in [5.41, 5.74) is 2.66. The number of alkyl halides is 3. The average molecular weight is 595 g/mol. The van der Waals surface area contributed by atoms with Gasteiger partial charge in [0, 0.05) is 51.9 Å². The maximum Gasteiger partial charge on any atom is 0.416 e. The van der Waals surface area contributed by atoms with E-state index in [0.29, 0.717) is 36.0 Å². The Balaban J connectivity index is 1.18. The zero-order valence-corrected chi connectivity index (χ0v) is 24.1. The molecule has 228 valence electrons. The molecule has 6 rings (SSSR count). The number of hydrogen-bond donors (Lipinski definition) is 2. The molecule has 2 aromatic heterocycles. The molecule has 9 nitrogen and oxygen atoms in total. The van der Waals surface area contributed by atoms with Crippen molar-refractivity contribution in [2.75, 3.05) is 63.1 Å². The third-order valence-electron chi connectivity index (χ3n) is 8.09. The van der Waals surface area contributed by atoms with Crippen LogP contribution in [0.1, 0.15) is 29.5 Å². The summed E-state index contributed by atoms with van der Waals surface area (Å²) in [6.45, 7) is 8.05. The van der Waals surface area contributed by atoms with Crippen molar-refractivity contribution in [1.82, 2.24) is 29.3 Å². The number of anilines is 2. The maximum absolute atomic E-state index is 13.1. The van der Waals surface area contributed by atoms with Gasteiger partial charge < -0.3 is 19.9 Å². The first-order valence-corrected chi connectivity index (χ1v) is 14.9. The molecule has 4 aromatic rings. The lowest BCUT2D eigenvalue weighted by Gasteiger charge is -2.32. The Labute approximate surface area is 249 Å². The molecule has 0 saturated carbocycles. The van der Waals surface area contributed by atoms with Gasteiger partial charge in [0.25, 0.3) is 0 Å². The highest BCUT2D eigenvalue weighted by Gasteiger charge is 2.30. The Bertz CT molecular complexity index is 1460. The van der Waals surface area contributed by atoms with Crippen molar-refractivity contribution in [2.45, 2.75) is 38.1 Å². The zero-order chi connectivity index (χ0) is 29.6. The fraction of sp³-hybridized carbons (Fsp3) is 0.452. The molecule has 2 aliphatic rings. The molecule has 0 bridgehead atoms. The van der Waals surface area contributed by atoms with E-state index in [1.807, 2.05) is 10.6 Å². The van der Waals surface area contributed by atoms with Crippen LogP contribution >= 0.6 is 0 Å². The van der Waals surface area contributed by atoms with E-state index in [1.165, 1.54) is 17.7 Å². The van der Waals surface area contributed by atoms with Crippen molar-refractivity contribution in [3.05, 3.63) is 77.6 Å². The molecule has 0 amide bonds. The molecule has 0 aliphatic carbocycles. The highest BCUT2D eigenvalue weighted by atomic mass is 19.4. The molecule has 2 saturated heterocycles. The summed E-state index contributed by atoms with van der Waals surface area (Å²) >= 11 is 0. The molecule has 4 heterocycles. The minimum Gasteiger partial charge on any atom is -0.379 e. The van der Waals surface area contributed by atoms with Gasteiger partial charge in [-0.05, 0) is 36.1 Å². The summed E-state index contributed by atoms with van der Waals surface area (Å²) in [5.74, 6) is 1.17. The molecule has 0 unspecified atom stereocenters. The second-order valence-corrected chi connectivity index (χ2v) is 11.2. The summed E-state index contributed by atoms with van der Waals surface area (Å²) < 4.78 is 46.5. The van der Waals surface area contributed by atoms with Gasteiger partial charge in [-0.15, -0.1) is 0 Å². The maximum atomic E-state index is 13.1. The number of halogens is 3. The summed E-state index contributed by atoms with van der Waals surface area (Å²) in [4.78, 5) is 19.1. The summed E-state index contributed by atoms with van der Waals surface area (Å²) in [6.07, 6.45) is -0.732. The Morgan fingerprint density at radius 2 is 1.56 bits per heavy atom. The number of nitrogens with zero attached hydrogens (tertiary/aromatic N) is 6. The quantitative estimate of drug-likeness (QED) is 0.273. The third kappa shape index (κ3) is 7.62. The van der Waals surface area contributed by atoms with Crippen LogP contribution in [-0.4, -0.2) is 87.8 Å². The molecule has 2 fully saturated rings. The van der Waals surface area contributed by atoms with E-state index in [2.05, 4.69) is 49.7 Å². The van der Waals surface area contributed by atoms with Crippen LogP contribution in [-0.2, 0) is 24.0 Å². The van der Waals surface area contributed by atoms with Gasteiger partial charge in [-0.25, -0.2) is 4.98 Å². The van der Waals surface area contributed by atoms with Crippen LogP contribution in [0.4, 0.5) is 24.9 Å². The Hall–Kier alpha value is -3.74. The van der Waals surface area contributed by atoms with E-state index in [0.717, 1.165) is 83.0 Å². The van der Waals surface area contributed by atoms with E-state index < -0.39 is 11.7 Å². The molecule has 12 heteroatoms. The number of imidazole rings is 1. The number of likely N-dealkylation sites (tertiary alicyclic amines) is 1. The molecular weight excluding hydrogens is 557 g/mol. The van der Waals surface area contributed by atoms with Crippen molar-refractivity contribution in [2.24, 2.45) is 0 Å². The lowest BCUT2D eigenvalue weighted by Crippen LogP contribution is -2.39. The Kier molecular flexibility index (Phi) is 9.06. The minimum absolute atomic E-state index is 0.242. The van der Waals surface area contributed by atoms with E-state index >= 15 is 0 Å². The first kappa shape index (κ1) is 29.3. The summed E-state index contributed by atoms with van der Waals surface area (Å²) in [6, 6.07) is 16.0. The second kappa shape index (κ2) is 13.3. The van der Waals surface area contributed by atoms with Gasteiger partial charge in [-0.2, -0.15) is 23.1 Å². The van der Waals surface area contributed by atoms with E-state index in [1.54, 1.807) is 6.33 Å². The number of piperidine rings is 1. The molecular formula is C31H37F3N8O. The SMILES string of the molecule is FC(F)(F)c1ccc(Cn2cnc3c(NC4CCN(Cc5ccccc5)CC4)nc(NCCN4CCOCC4)nc32)cc1. The van der Waals surface area contributed by atoms with Crippen molar-refractivity contribution < 1.29 is 17.9 Å². The highest BCUT2D eigenvalue weighted by molar-refractivity contribution is 5.84. The first-order chi connectivity index (χ1) is 20.9. The lowest BCUT2D eigenvalue weighted by atomic mass is 10.0. The smallest absolute Gasteiger partial charge is 0.379 e. The number of benzene rings is 2. The molecule has 2 N–H and O–H groups in total. The van der Waals surface area contributed by atoms with E-state index in [9.17, 15) is 13.2 Å². The van der Waals surface area contributed by atoms with Crippen molar-refractivity contribution >= 4 is 22.9 Å². The van der Waals surface area contributed by atoms with Gasteiger partial charge in [-0.1, -0.05) is 42.5 Å². The molecule has 0 spiro atoms. The number of fused-ring (bicyclic) bond motifs is 1. The van der Waals surface area contributed by atoms with Crippen LogP contribution in [0.3, 0.4) is 0 Å². The number of hydrogen-bond acceptors (Lipinski definition) is 8. The van der Waals surface area contributed by atoms with Gasteiger partial charge in [0.15, 0.2) is 17.0 Å². The van der Waals surface area contributed by atoms with Crippen LogP contribution in [0, 0.1) is 0 Å². The fourth-order valence-corrected chi connectivity index (χ4v) is 5.66. The highest BCUT2D eigenvalue weighted by Crippen LogP contribution is 2.30. The van der Waals surface area contributed by atoms with Crippen molar-refractivity contribution in [1.29, 1.82) is 0 Å². The summed E-state index contributed by atoms with van der Waals surface area (Å²) in [5, 5.41) is 7.03. The van der Waals surface area contributed by atoms with Crippen LogP contribution in [0.2, 0.25) is 0 Å². The molecule has 2 aliphatic heterocycles. The predicted molar refractivity (Wildman–Crippen MR) is 160 cm³/mol. The van der Waals surface area contributed by atoms with Crippen molar-refractivity contribution in [3.8, 4) is 0 Å². The number of rotatable bonds is 10. The van der Waals surface area contributed by atoms with Crippen LogP contribution < -0.4 is 10.6 Å². The van der Waals surface area contributed by atoms with E-state index in [-0.39, 0.29) is 6.04 Å². The monoisotopic (exact) mass is 594 g/mol. The largest absolute Gasteiger partial charge is 0.416 e.